The second kappa shape index (κ2) is 7.38. The number of halogens is 4. The number of carbonyl (C=O) groups is 1. The SMILES string of the molecule is O=C(NCC1(O)CCCCCC1)Nc1ccc(F)c(C(F)(F)F)c1. The molecule has 0 spiro atoms. The second-order valence-corrected chi connectivity index (χ2v) is 6.14. The number of amides is 2. The first-order valence-electron chi connectivity index (χ1n) is 7.84. The standard InChI is InChI=1S/C16H20F4N2O2/c17-13-6-5-11(9-12(13)16(18,19)20)22-14(23)21-10-15(24)7-3-1-2-4-8-15/h5-6,9,24H,1-4,7-8,10H2,(H2,21,22,23). The number of urea groups is 1. The van der Waals surface area contributed by atoms with Crippen LogP contribution in [0.1, 0.15) is 44.1 Å². The Labute approximate surface area is 137 Å². The summed E-state index contributed by atoms with van der Waals surface area (Å²) in [4.78, 5) is 11.8. The summed E-state index contributed by atoms with van der Waals surface area (Å²) in [6, 6.07) is 1.49. The van der Waals surface area contributed by atoms with Gasteiger partial charge in [0.1, 0.15) is 5.82 Å². The molecule has 1 aliphatic carbocycles. The highest BCUT2D eigenvalue weighted by molar-refractivity contribution is 5.89. The third-order valence-corrected chi connectivity index (χ3v) is 4.14. The van der Waals surface area contributed by atoms with Gasteiger partial charge in [-0.3, -0.25) is 0 Å². The van der Waals surface area contributed by atoms with Gasteiger partial charge in [-0.05, 0) is 31.0 Å². The highest BCUT2D eigenvalue weighted by atomic mass is 19.4. The lowest BCUT2D eigenvalue weighted by Crippen LogP contribution is -2.44. The van der Waals surface area contributed by atoms with Crippen LogP contribution < -0.4 is 10.6 Å². The van der Waals surface area contributed by atoms with Crippen molar-refractivity contribution in [2.75, 3.05) is 11.9 Å². The zero-order valence-corrected chi connectivity index (χ0v) is 13.0. The van der Waals surface area contributed by atoms with Crippen molar-refractivity contribution in [3.05, 3.63) is 29.6 Å². The fraction of sp³-hybridized carbons (Fsp3) is 0.562. The predicted molar refractivity (Wildman–Crippen MR) is 81.1 cm³/mol. The van der Waals surface area contributed by atoms with Crippen molar-refractivity contribution in [2.24, 2.45) is 0 Å². The summed E-state index contributed by atoms with van der Waals surface area (Å²) >= 11 is 0. The van der Waals surface area contributed by atoms with Crippen LogP contribution in [0.5, 0.6) is 0 Å². The summed E-state index contributed by atoms with van der Waals surface area (Å²) in [6.45, 7) is 0.0200. The lowest BCUT2D eigenvalue weighted by Gasteiger charge is -2.26. The first-order chi connectivity index (χ1) is 11.2. The third-order valence-electron chi connectivity index (χ3n) is 4.14. The second-order valence-electron chi connectivity index (χ2n) is 6.14. The molecule has 2 amide bonds. The van der Waals surface area contributed by atoms with Gasteiger partial charge in [0.2, 0.25) is 0 Å². The zero-order valence-electron chi connectivity index (χ0n) is 13.0. The maximum Gasteiger partial charge on any atom is 0.419 e. The Balaban J connectivity index is 1.95. The van der Waals surface area contributed by atoms with Crippen LogP contribution in [0, 0.1) is 5.82 Å². The van der Waals surface area contributed by atoms with Gasteiger partial charge < -0.3 is 15.7 Å². The number of aliphatic hydroxyl groups is 1. The molecular formula is C16H20F4N2O2. The average Bonchev–Trinajstić information content (AvgIpc) is 2.71. The minimum Gasteiger partial charge on any atom is -0.388 e. The van der Waals surface area contributed by atoms with Gasteiger partial charge >= 0.3 is 12.2 Å². The Kier molecular flexibility index (Phi) is 5.69. The number of carbonyl (C=O) groups excluding carboxylic acids is 1. The van der Waals surface area contributed by atoms with E-state index < -0.39 is 29.2 Å². The van der Waals surface area contributed by atoms with Gasteiger partial charge in [-0.1, -0.05) is 25.7 Å². The molecule has 0 aromatic heterocycles. The van der Waals surface area contributed by atoms with Crippen molar-refractivity contribution in [3.8, 4) is 0 Å². The van der Waals surface area contributed by atoms with Crippen molar-refractivity contribution in [3.63, 3.8) is 0 Å². The van der Waals surface area contributed by atoms with Gasteiger partial charge in [-0.2, -0.15) is 13.2 Å². The molecule has 8 heteroatoms. The Hall–Kier alpha value is -1.83. The van der Waals surface area contributed by atoms with Crippen molar-refractivity contribution in [2.45, 2.75) is 50.3 Å². The summed E-state index contributed by atoms with van der Waals surface area (Å²) in [7, 11) is 0. The molecule has 1 aromatic rings. The van der Waals surface area contributed by atoms with Crippen LogP contribution in [0.4, 0.5) is 28.0 Å². The van der Waals surface area contributed by atoms with Crippen LogP contribution in [-0.4, -0.2) is 23.3 Å². The van der Waals surface area contributed by atoms with E-state index in [1.807, 2.05) is 0 Å². The minimum absolute atomic E-state index is 0.0200. The molecule has 2 rings (SSSR count). The Morgan fingerprint density at radius 3 is 2.38 bits per heavy atom. The van der Waals surface area contributed by atoms with Gasteiger partial charge in [0.05, 0.1) is 11.2 Å². The molecule has 134 valence electrons. The highest BCUT2D eigenvalue weighted by Gasteiger charge is 2.34. The van der Waals surface area contributed by atoms with Crippen LogP contribution in [-0.2, 0) is 6.18 Å². The third kappa shape index (κ3) is 5.09. The van der Waals surface area contributed by atoms with E-state index >= 15 is 0 Å². The lowest BCUT2D eigenvalue weighted by atomic mass is 9.95. The molecule has 4 nitrogen and oxygen atoms in total. The molecule has 1 fully saturated rings. The van der Waals surface area contributed by atoms with Crippen molar-refractivity contribution >= 4 is 11.7 Å². The number of hydrogen-bond donors (Lipinski definition) is 3. The van der Waals surface area contributed by atoms with Crippen molar-refractivity contribution in [1.82, 2.24) is 5.32 Å². The number of benzene rings is 1. The average molecular weight is 348 g/mol. The lowest BCUT2D eigenvalue weighted by molar-refractivity contribution is -0.139. The van der Waals surface area contributed by atoms with Gasteiger partial charge in [0, 0.05) is 12.2 Å². The first-order valence-corrected chi connectivity index (χ1v) is 7.84. The Morgan fingerprint density at radius 1 is 1.17 bits per heavy atom. The van der Waals surface area contributed by atoms with Gasteiger partial charge in [-0.15, -0.1) is 0 Å². The molecule has 1 aliphatic rings. The largest absolute Gasteiger partial charge is 0.419 e. The van der Waals surface area contributed by atoms with E-state index in [2.05, 4.69) is 10.6 Å². The molecule has 0 atom stereocenters. The van der Waals surface area contributed by atoms with Gasteiger partial charge in [0.25, 0.3) is 0 Å². The fourth-order valence-electron chi connectivity index (χ4n) is 2.80. The summed E-state index contributed by atoms with van der Waals surface area (Å²) in [5.41, 5.74) is -2.61. The molecule has 0 heterocycles. The smallest absolute Gasteiger partial charge is 0.388 e. The maximum absolute atomic E-state index is 13.2. The number of nitrogens with one attached hydrogen (secondary N) is 2. The Bertz CT molecular complexity index is 582. The normalized spacial score (nSPS) is 17.9. The van der Waals surface area contributed by atoms with E-state index in [-0.39, 0.29) is 12.2 Å². The molecule has 24 heavy (non-hydrogen) atoms. The monoisotopic (exact) mass is 348 g/mol. The fourth-order valence-corrected chi connectivity index (χ4v) is 2.80. The predicted octanol–water partition coefficient (Wildman–Crippen LogP) is 4.05. The molecule has 0 unspecified atom stereocenters. The maximum atomic E-state index is 13.2. The zero-order chi connectivity index (χ0) is 17.8. The summed E-state index contributed by atoms with van der Waals surface area (Å²) in [5.74, 6) is -1.40. The van der Waals surface area contributed by atoms with E-state index in [1.165, 1.54) is 0 Å². The van der Waals surface area contributed by atoms with Crippen LogP contribution in [0.3, 0.4) is 0 Å². The summed E-state index contributed by atoms with van der Waals surface area (Å²) < 4.78 is 51.1. The van der Waals surface area contributed by atoms with Crippen LogP contribution >= 0.6 is 0 Å². The van der Waals surface area contributed by atoms with E-state index in [9.17, 15) is 27.5 Å². The quantitative estimate of drug-likeness (QED) is 0.570. The molecule has 0 radical (unpaired) electrons. The van der Waals surface area contributed by atoms with E-state index in [0.717, 1.165) is 31.7 Å². The molecule has 0 bridgehead atoms. The molecule has 1 saturated carbocycles. The Morgan fingerprint density at radius 2 is 1.79 bits per heavy atom. The summed E-state index contributed by atoms with van der Waals surface area (Å²) in [5, 5.41) is 15.1. The van der Waals surface area contributed by atoms with Crippen LogP contribution in [0.15, 0.2) is 18.2 Å². The van der Waals surface area contributed by atoms with Gasteiger partial charge in [0.15, 0.2) is 0 Å². The van der Waals surface area contributed by atoms with E-state index in [0.29, 0.717) is 25.0 Å². The molecule has 0 saturated heterocycles. The van der Waals surface area contributed by atoms with Gasteiger partial charge in [-0.25, -0.2) is 9.18 Å². The minimum atomic E-state index is -4.84. The first kappa shape index (κ1) is 18.5. The number of hydrogen-bond acceptors (Lipinski definition) is 2. The topological polar surface area (TPSA) is 61.4 Å². The molecular weight excluding hydrogens is 328 g/mol. The van der Waals surface area contributed by atoms with E-state index in [4.69, 9.17) is 0 Å². The van der Waals surface area contributed by atoms with Crippen LogP contribution in [0.2, 0.25) is 0 Å². The number of alkyl halides is 3. The van der Waals surface area contributed by atoms with E-state index in [1.54, 1.807) is 0 Å². The molecule has 3 N–H and O–H groups in total. The number of rotatable bonds is 3. The molecule has 1 aromatic carbocycles. The molecule has 0 aliphatic heterocycles. The van der Waals surface area contributed by atoms with Crippen molar-refractivity contribution < 1.29 is 27.5 Å². The van der Waals surface area contributed by atoms with Crippen molar-refractivity contribution in [1.29, 1.82) is 0 Å². The van der Waals surface area contributed by atoms with Crippen LogP contribution in [0.25, 0.3) is 0 Å². The number of anilines is 1. The summed E-state index contributed by atoms with van der Waals surface area (Å²) in [6.07, 6.45) is 0.103. The highest BCUT2D eigenvalue weighted by Crippen LogP contribution is 2.33.